The molecule has 0 saturated carbocycles. The summed E-state index contributed by atoms with van der Waals surface area (Å²) in [5.41, 5.74) is 6.44. The van der Waals surface area contributed by atoms with Crippen LogP contribution >= 0.6 is 0 Å². The Bertz CT molecular complexity index is 1610. The van der Waals surface area contributed by atoms with Crippen molar-refractivity contribution in [2.24, 2.45) is 0 Å². The number of amides is 2. The summed E-state index contributed by atoms with van der Waals surface area (Å²) in [6, 6.07) is 30.0. The van der Waals surface area contributed by atoms with Crippen molar-refractivity contribution in [3.05, 3.63) is 130 Å². The van der Waals surface area contributed by atoms with Gasteiger partial charge in [0, 0.05) is 30.8 Å². The molecule has 2 N–H and O–H groups in total. The first kappa shape index (κ1) is 29.7. The molecule has 43 heavy (non-hydrogen) atoms. The second-order valence-electron chi connectivity index (χ2n) is 11.0. The summed E-state index contributed by atoms with van der Waals surface area (Å²) < 4.78 is 0. The second-order valence-corrected chi connectivity index (χ2v) is 11.0. The van der Waals surface area contributed by atoms with Crippen molar-refractivity contribution in [2.45, 2.75) is 38.8 Å². The Morgan fingerprint density at radius 3 is 2.07 bits per heavy atom. The molecule has 0 spiro atoms. The Balaban J connectivity index is 1.46. The van der Waals surface area contributed by atoms with Crippen molar-refractivity contribution >= 4 is 17.8 Å². The van der Waals surface area contributed by atoms with Crippen LogP contribution in [0, 0.1) is 6.92 Å². The summed E-state index contributed by atoms with van der Waals surface area (Å²) in [6.45, 7) is 2.67. The smallest absolute Gasteiger partial charge is 0.305 e. The first-order chi connectivity index (χ1) is 20.9. The van der Waals surface area contributed by atoms with E-state index >= 15 is 0 Å². The molecule has 1 aliphatic rings. The van der Waals surface area contributed by atoms with E-state index in [-0.39, 0.29) is 37.4 Å². The molecule has 0 bridgehead atoms. The number of carbonyl (C=O) groups excluding carboxylic acids is 2. The number of rotatable bonds is 10. The lowest BCUT2D eigenvalue weighted by molar-refractivity contribution is -0.137. The van der Waals surface area contributed by atoms with E-state index in [9.17, 15) is 24.6 Å². The molecule has 1 atom stereocenters. The highest BCUT2D eigenvalue weighted by molar-refractivity contribution is 6.06. The Labute approximate surface area is 252 Å². The van der Waals surface area contributed by atoms with Crippen LogP contribution in [-0.2, 0) is 24.2 Å². The highest BCUT2D eigenvalue weighted by Gasteiger charge is 2.31. The summed E-state index contributed by atoms with van der Waals surface area (Å²) in [5, 5.41) is 19.6. The van der Waals surface area contributed by atoms with Crippen molar-refractivity contribution in [2.75, 3.05) is 19.7 Å². The molecule has 220 valence electrons. The number of aryl methyl sites for hydroxylation is 1. The number of aliphatic hydroxyl groups is 1. The third kappa shape index (κ3) is 6.84. The second kappa shape index (κ2) is 13.5. The maximum Gasteiger partial charge on any atom is 0.305 e. The number of nitrogens with zero attached hydrogens (tertiary/aromatic N) is 2. The molecular formula is C36H36N2O5. The maximum atomic E-state index is 14.1. The number of hydrogen-bond acceptors (Lipinski definition) is 4. The highest BCUT2D eigenvalue weighted by Crippen LogP contribution is 2.32. The SMILES string of the molecule is Cc1ccc(CCN(CCC(=O)O)C(=O)c2ccccc2-c2ccccc2C(=O)N2Cc3ccccc3C[C@H]2CO)cc1. The third-order valence-electron chi connectivity index (χ3n) is 8.11. The van der Waals surface area contributed by atoms with Crippen LogP contribution in [0.3, 0.4) is 0 Å². The normalized spacial score (nSPS) is 14.2. The van der Waals surface area contributed by atoms with Gasteiger partial charge in [0.2, 0.25) is 0 Å². The van der Waals surface area contributed by atoms with E-state index in [1.165, 1.54) is 0 Å². The predicted molar refractivity (Wildman–Crippen MR) is 166 cm³/mol. The zero-order chi connectivity index (χ0) is 30.3. The fourth-order valence-electron chi connectivity index (χ4n) is 5.69. The molecule has 0 saturated heterocycles. The Kier molecular flexibility index (Phi) is 9.32. The van der Waals surface area contributed by atoms with E-state index in [1.54, 1.807) is 34.1 Å². The van der Waals surface area contributed by atoms with Crippen LogP contribution in [0.1, 0.15) is 49.4 Å². The lowest BCUT2D eigenvalue weighted by Gasteiger charge is -2.36. The van der Waals surface area contributed by atoms with Crippen molar-refractivity contribution in [1.29, 1.82) is 0 Å². The number of carboxylic acid groups (broad SMARTS) is 1. The number of carbonyl (C=O) groups is 3. The molecule has 7 heteroatoms. The molecule has 1 aliphatic heterocycles. The summed E-state index contributed by atoms with van der Waals surface area (Å²) in [4.78, 5) is 42.9. The van der Waals surface area contributed by atoms with Gasteiger partial charge in [-0.1, -0.05) is 90.5 Å². The molecular weight excluding hydrogens is 540 g/mol. The van der Waals surface area contributed by atoms with Crippen LogP contribution in [0.15, 0.2) is 97.1 Å². The molecule has 0 radical (unpaired) electrons. The Morgan fingerprint density at radius 1 is 0.791 bits per heavy atom. The maximum absolute atomic E-state index is 14.1. The van der Waals surface area contributed by atoms with Crippen LogP contribution in [0.2, 0.25) is 0 Å². The minimum atomic E-state index is -0.973. The zero-order valence-corrected chi connectivity index (χ0v) is 24.3. The van der Waals surface area contributed by atoms with E-state index in [1.807, 2.05) is 79.7 Å². The fourth-order valence-corrected chi connectivity index (χ4v) is 5.69. The first-order valence-corrected chi connectivity index (χ1v) is 14.6. The van der Waals surface area contributed by atoms with Crippen molar-refractivity contribution in [3.63, 3.8) is 0 Å². The number of benzene rings is 4. The standard InChI is InChI=1S/C36H36N2O5/c1-25-14-16-26(17-15-25)18-20-37(21-19-34(40)41)35(42)32-12-6-4-10-30(32)31-11-5-7-13-33(31)36(43)38-23-28-9-3-2-8-27(28)22-29(38)24-39/h2-17,29,39H,18-24H2,1H3,(H,40,41)/t29-/m0/s1. The van der Waals surface area contributed by atoms with Gasteiger partial charge in [0.25, 0.3) is 11.8 Å². The number of aliphatic carboxylic acids is 1. The van der Waals surface area contributed by atoms with Gasteiger partial charge in [-0.25, -0.2) is 0 Å². The van der Waals surface area contributed by atoms with Crippen LogP contribution in [0.4, 0.5) is 0 Å². The minimum Gasteiger partial charge on any atom is -0.481 e. The lowest BCUT2D eigenvalue weighted by atomic mass is 9.91. The number of hydrogen-bond donors (Lipinski definition) is 2. The molecule has 5 rings (SSSR count). The van der Waals surface area contributed by atoms with E-state index in [0.717, 1.165) is 22.3 Å². The third-order valence-corrected chi connectivity index (χ3v) is 8.11. The molecule has 0 fully saturated rings. The highest BCUT2D eigenvalue weighted by atomic mass is 16.4. The quantitative estimate of drug-likeness (QED) is 0.264. The monoisotopic (exact) mass is 576 g/mol. The van der Waals surface area contributed by atoms with Gasteiger partial charge in [-0.05, 0) is 59.7 Å². The predicted octanol–water partition coefficient (Wildman–Crippen LogP) is 5.38. The van der Waals surface area contributed by atoms with E-state index < -0.39 is 5.97 Å². The molecule has 1 heterocycles. The van der Waals surface area contributed by atoms with Crippen molar-refractivity contribution in [3.8, 4) is 11.1 Å². The van der Waals surface area contributed by atoms with E-state index in [0.29, 0.717) is 48.2 Å². The average molecular weight is 577 g/mol. The summed E-state index contributed by atoms with van der Waals surface area (Å²) in [7, 11) is 0. The van der Waals surface area contributed by atoms with Gasteiger partial charge in [-0.3, -0.25) is 14.4 Å². The van der Waals surface area contributed by atoms with Crippen LogP contribution in [-0.4, -0.2) is 63.5 Å². The van der Waals surface area contributed by atoms with Crippen molar-refractivity contribution in [1.82, 2.24) is 9.80 Å². The van der Waals surface area contributed by atoms with Crippen LogP contribution in [0.5, 0.6) is 0 Å². The average Bonchev–Trinajstić information content (AvgIpc) is 3.04. The number of carboxylic acids is 1. The van der Waals surface area contributed by atoms with Gasteiger partial charge in [0.15, 0.2) is 0 Å². The fraction of sp³-hybridized carbons (Fsp3) is 0.250. The Hall–Kier alpha value is -4.75. The van der Waals surface area contributed by atoms with Gasteiger partial charge in [0.05, 0.1) is 19.1 Å². The van der Waals surface area contributed by atoms with Crippen LogP contribution in [0.25, 0.3) is 11.1 Å². The topological polar surface area (TPSA) is 98.2 Å². The lowest BCUT2D eigenvalue weighted by Crippen LogP contribution is -2.46. The molecule has 4 aromatic rings. The van der Waals surface area contributed by atoms with Gasteiger partial charge < -0.3 is 20.0 Å². The molecule has 0 unspecified atom stereocenters. The first-order valence-electron chi connectivity index (χ1n) is 14.6. The Morgan fingerprint density at radius 2 is 1.40 bits per heavy atom. The van der Waals surface area contributed by atoms with Crippen LogP contribution < -0.4 is 0 Å². The molecule has 0 aromatic heterocycles. The van der Waals surface area contributed by atoms with Gasteiger partial charge >= 0.3 is 5.97 Å². The molecule has 0 aliphatic carbocycles. The number of fused-ring (bicyclic) bond motifs is 1. The molecule has 7 nitrogen and oxygen atoms in total. The summed E-state index contributed by atoms with van der Waals surface area (Å²) >= 11 is 0. The van der Waals surface area contributed by atoms with Gasteiger partial charge in [0.1, 0.15) is 0 Å². The van der Waals surface area contributed by atoms with Gasteiger partial charge in [-0.15, -0.1) is 0 Å². The largest absolute Gasteiger partial charge is 0.481 e. The van der Waals surface area contributed by atoms with Crippen molar-refractivity contribution < 1.29 is 24.6 Å². The summed E-state index contributed by atoms with van der Waals surface area (Å²) in [6.07, 6.45) is 0.979. The number of aliphatic hydroxyl groups excluding tert-OH is 1. The minimum absolute atomic E-state index is 0.0697. The van der Waals surface area contributed by atoms with E-state index in [4.69, 9.17) is 0 Å². The van der Waals surface area contributed by atoms with E-state index in [2.05, 4.69) is 0 Å². The zero-order valence-electron chi connectivity index (χ0n) is 24.3. The summed E-state index contributed by atoms with van der Waals surface area (Å²) in [5.74, 6) is -1.47. The van der Waals surface area contributed by atoms with Gasteiger partial charge in [-0.2, -0.15) is 0 Å². The molecule has 4 aromatic carbocycles. The molecule has 2 amide bonds.